The molecule has 0 unspecified atom stereocenters. The molecule has 0 spiro atoms. The van der Waals surface area contributed by atoms with Crippen LogP contribution >= 0.6 is 34.2 Å². The van der Waals surface area contributed by atoms with Gasteiger partial charge in [-0.15, -0.1) is 0 Å². The molecule has 6 heteroatoms. The molecule has 0 fully saturated rings. The van der Waals surface area contributed by atoms with Crippen molar-refractivity contribution >= 4 is 39.9 Å². The van der Waals surface area contributed by atoms with Crippen molar-refractivity contribution in [1.82, 2.24) is 0 Å². The van der Waals surface area contributed by atoms with E-state index in [1.54, 1.807) is 25.3 Å². The third kappa shape index (κ3) is 4.89. The van der Waals surface area contributed by atoms with E-state index in [9.17, 15) is 4.39 Å². The van der Waals surface area contributed by atoms with E-state index in [-0.39, 0.29) is 12.4 Å². The van der Waals surface area contributed by atoms with Crippen LogP contribution in [0.5, 0.6) is 11.5 Å². The first kappa shape index (κ1) is 20.7. The Hall–Kier alpha value is -1.99. The minimum atomic E-state index is -0.283. The summed E-state index contributed by atoms with van der Waals surface area (Å²) in [6, 6.07) is 16.3. The number of ether oxygens (including phenoxy) is 2. The number of nitrogens with one attached hydrogen (secondary N) is 1. The molecular formula is C22H20ClFINO2. The molecule has 0 aliphatic carbocycles. The molecule has 0 saturated carbocycles. The number of halogens is 3. The fourth-order valence-corrected chi connectivity index (χ4v) is 3.77. The van der Waals surface area contributed by atoms with Crippen LogP contribution in [0.3, 0.4) is 0 Å². The van der Waals surface area contributed by atoms with Crippen molar-refractivity contribution < 1.29 is 13.9 Å². The maximum atomic E-state index is 13.8. The molecule has 0 aliphatic heterocycles. The van der Waals surface area contributed by atoms with Crippen LogP contribution in [0.25, 0.3) is 0 Å². The fraction of sp³-hybridized carbons (Fsp3) is 0.182. The predicted octanol–water partition coefficient (Wildman–Crippen LogP) is 6.59. The van der Waals surface area contributed by atoms with E-state index in [2.05, 4.69) is 27.9 Å². The smallest absolute Gasteiger partial charge is 0.174 e. The van der Waals surface area contributed by atoms with Crippen LogP contribution in [0.1, 0.15) is 16.7 Å². The van der Waals surface area contributed by atoms with Crippen molar-refractivity contribution in [2.75, 3.05) is 12.4 Å². The van der Waals surface area contributed by atoms with Crippen LogP contribution in [-0.2, 0) is 13.2 Å². The molecule has 0 aliphatic rings. The standard InChI is InChI=1S/C22H20ClFINO2/c1-14-17(23)7-5-9-20(14)26-12-15-10-19(25)22(21(11-15)27-2)28-13-16-6-3-4-8-18(16)24/h3-11,26H,12-13H2,1-2H3. The van der Waals surface area contributed by atoms with Crippen molar-refractivity contribution in [3.05, 3.63) is 85.7 Å². The summed E-state index contributed by atoms with van der Waals surface area (Å²) in [4.78, 5) is 0. The summed E-state index contributed by atoms with van der Waals surface area (Å²) >= 11 is 8.39. The van der Waals surface area contributed by atoms with Crippen molar-refractivity contribution in [3.8, 4) is 11.5 Å². The van der Waals surface area contributed by atoms with Gasteiger partial charge < -0.3 is 14.8 Å². The van der Waals surface area contributed by atoms with Gasteiger partial charge >= 0.3 is 0 Å². The van der Waals surface area contributed by atoms with Gasteiger partial charge in [0, 0.05) is 22.8 Å². The van der Waals surface area contributed by atoms with E-state index in [1.165, 1.54) is 6.07 Å². The molecule has 28 heavy (non-hydrogen) atoms. The van der Waals surface area contributed by atoms with Crippen molar-refractivity contribution in [2.24, 2.45) is 0 Å². The Morgan fingerprint density at radius 1 is 1.11 bits per heavy atom. The lowest BCUT2D eigenvalue weighted by atomic mass is 10.1. The fourth-order valence-electron chi connectivity index (χ4n) is 2.78. The van der Waals surface area contributed by atoms with E-state index in [0.29, 0.717) is 23.6 Å². The molecule has 3 aromatic rings. The quantitative estimate of drug-likeness (QED) is 0.363. The van der Waals surface area contributed by atoms with E-state index in [0.717, 1.165) is 25.4 Å². The van der Waals surface area contributed by atoms with Crippen LogP contribution in [0.2, 0.25) is 5.02 Å². The minimum Gasteiger partial charge on any atom is -0.493 e. The van der Waals surface area contributed by atoms with Gasteiger partial charge in [0.2, 0.25) is 0 Å². The second-order valence-corrected chi connectivity index (χ2v) is 7.82. The van der Waals surface area contributed by atoms with Gasteiger partial charge in [-0.2, -0.15) is 0 Å². The normalized spacial score (nSPS) is 10.6. The Balaban J connectivity index is 1.75. The van der Waals surface area contributed by atoms with Crippen molar-refractivity contribution in [2.45, 2.75) is 20.1 Å². The summed E-state index contributed by atoms with van der Waals surface area (Å²) in [7, 11) is 1.60. The molecule has 3 rings (SSSR count). The zero-order valence-corrected chi connectivity index (χ0v) is 18.5. The molecule has 0 atom stereocenters. The summed E-state index contributed by atoms with van der Waals surface area (Å²) < 4.78 is 26.1. The molecule has 0 radical (unpaired) electrons. The Kier molecular flexibility index (Phi) is 7.02. The minimum absolute atomic E-state index is 0.137. The Labute approximate surface area is 183 Å². The van der Waals surface area contributed by atoms with Gasteiger partial charge in [-0.05, 0) is 71.0 Å². The summed E-state index contributed by atoms with van der Waals surface area (Å²) in [6.45, 7) is 2.73. The number of methoxy groups -OCH3 is 1. The maximum absolute atomic E-state index is 13.8. The van der Waals surface area contributed by atoms with Crippen molar-refractivity contribution in [1.29, 1.82) is 0 Å². The maximum Gasteiger partial charge on any atom is 0.174 e. The topological polar surface area (TPSA) is 30.5 Å². The molecule has 0 bridgehead atoms. The number of benzene rings is 3. The Bertz CT molecular complexity index is 981. The van der Waals surface area contributed by atoms with E-state index in [1.807, 2.05) is 37.3 Å². The van der Waals surface area contributed by atoms with Gasteiger partial charge in [-0.25, -0.2) is 4.39 Å². The lowest BCUT2D eigenvalue weighted by Gasteiger charge is -2.16. The first-order chi connectivity index (χ1) is 13.5. The zero-order valence-electron chi connectivity index (χ0n) is 15.6. The lowest BCUT2D eigenvalue weighted by molar-refractivity contribution is 0.277. The first-order valence-corrected chi connectivity index (χ1v) is 10.2. The van der Waals surface area contributed by atoms with Crippen LogP contribution in [-0.4, -0.2) is 7.11 Å². The Morgan fingerprint density at radius 3 is 2.64 bits per heavy atom. The lowest BCUT2D eigenvalue weighted by Crippen LogP contribution is -2.05. The van der Waals surface area contributed by atoms with Gasteiger partial charge in [0.15, 0.2) is 11.5 Å². The van der Waals surface area contributed by atoms with Crippen LogP contribution in [0.15, 0.2) is 54.6 Å². The molecule has 1 N–H and O–H groups in total. The van der Waals surface area contributed by atoms with E-state index in [4.69, 9.17) is 21.1 Å². The average molecular weight is 512 g/mol. The van der Waals surface area contributed by atoms with Gasteiger partial charge in [-0.3, -0.25) is 0 Å². The third-order valence-electron chi connectivity index (χ3n) is 4.37. The molecule has 146 valence electrons. The second-order valence-electron chi connectivity index (χ2n) is 6.26. The van der Waals surface area contributed by atoms with Crippen LogP contribution in [0.4, 0.5) is 10.1 Å². The summed E-state index contributed by atoms with van der Waals surface area (Å²) in [5.41, 5.74) is 3.54. The van der Waals surface area contributed by atoms with Gasteiger partial charge in [0.25, 0.3) is 0 Å². The predicted molar refractivity (Wildman–Crippen MR) is 120 cm³/mol. The van der Waals surface area contributed by atoms with Crippen LogP contribution < -0.4 is 14.8 Å². The number of hydrogen-bond donors (Lipinski definition) is 1. The molecule has 0 saturated heterocycles. The molecule has 0 heterocycles. The Morgan fingerprint density at radius 2 is 1.89 bits per heavy atom. The first-order valence-electron chi connectivity index (χ1n) is 8.71. The van der Waals surface area contributed by atoms with E-state index < -0.39 is 0 Å². The zero-order chi connectivity index (χ0) is 20.1. The van der Waals surface area contributed by atoms with Gasteiger partial charge in [-0.1, -0.05) is 35.9 Å². The largest absolute Gasteiger partial charge is 0.493 e. The molecule has 3 aromatic carbocycles. The number of rotatable bonds is 7. The summed E-state index contributed by atoms with van der Waals surface area (Å²) in [6.07, 6.45) is 0. The van der Waals surface area contributed by atoms with E-state index >= 15 is 0 Å². The van der Waals surface area contributed by atoms with Gasteiger partial charge in [0.05, 0.1) is 10.7 Å². The van der Waals surface area contributed by atoms with Crippen molar-refractivity contribution in [3.63, 3.8) is 0 Å². The number of hydrogen-bond acceptors (Lipinski definition) is 3. The number of anilines is 1. The highest BCUT2D eigenvalue weighted by Gasteiger charge is 2.13. The highest BCUT2D eigenvalue weighted by molar-refractivity contribution is 14.1. The summed E-state index contributed by atoms with van der Waals surface area (Å²) in [5.74, 6) is 0.936. The molecule has 0 amide bonds. The second kappa shape index (κ2) is 9.47. The monoisotopic (exact) mass is 511 g/mol. The molecular weight excluding hydrogens is 492 g/mol. The van der Waals surface area contributed by atoms with Gasteiger partial charge in [0.1, 0.15) is 12.4 Å². The highest BCUT2D eigenvalue weighted by Crippen LogP contribution is 2.35. The highest BCUT2D eigenvalue weighted by atomic mass is 127. The molecule has 3 nitrogen and oxygen atoms in total. The van der Waals surface area contributed by atoms with Crippen LogP contribution in [0, 0.1) is 16.3 Å². The molecule has 0 aromatic heterocycles. The SMILES string of the molecule is COc1cc(CNc2cccc(Cl)c2C)cc(I)c1OCc1ccccc1F. The third-order valence-corrected chi connectivity index (χ3v) is 5.58. The summed E-state index contributed by atoms with van der Waals surface area (Å²) in [5, 5.41) is 4.13. The average Bonchev–Trinajstić information content (AvgIpc) is 2.69.